The first kappa shape index (κ1) is 8.08. The number of nitrogen functional groups attached to an aromatic ring is 1. The van der Waals surface area contributed by atoms with E-state index in [1.54, 1.807) is 0 Å². The van der Waals surface area contributed by atoms with Crippen LogP contribution in [0.5, 0.6) is 0 Å². The predicted molar refractivity (Wildman–Crippen MR) is 44.1 cm³/mol. The van der Waals surface area contributed by atoms with Gasteiger partial charge in [0.05, 0.1) is 11.3 Å². The standard InChI is InChI=1S/C8H7N3O/c9-4-6-2-1-5(8(11)12)3-7(6)10/h1-3H,10H2,(H2,11,12). The molecule has 4 N–H and O–H groups in total. The molecular formula is C8H7N3O. The lowest BCUT2D eigenvalue weighted by molar-refractivity contribution is 0.100. The van der Waals surface area contributed by atoms with Gasteiger partial charge in [0.2, 0.25) is 5.91 Å². The van der Waals surface area contributed by atoms with Crippen molar-refractivity contribution in [1.29, 1.82) is 5.26 Å². The van der Waals surface area contributed by atoms with E-state index < -0.39 is 5.91 Å². The van der Waals surface area contributed by atoms with Gasteiger partial charge in [0.15, 0.2) is 0 Å². The molecule has 60 valence electrons. The van der Waals surface area contributed by atoms with Gasteiger partial charge < -0.3 is 11.5 Å². The molecule has 0 aliphatic carbocycles. The molecule has 1 aromatic carbocycles. The van der Waals surface area contributed by atoms with Gasteiger partial charge in [0.1, 0.15) is 6.07 Å². The third kappa shape index (κ3) is 1.35. The van der Waals surface area contributed by atoms with E-state index >= 15 is 0 Å². The highest BCUT2D eigenvalue weighted by Crippen LogP contribution is 2.12. The summed E-state index contributed by atoms with van der Waals surface area (Å²) in [5.41, 5.74) is 11.4. The van der Waals surface area contributed by atoms with E-state index in [4.69, 9.17) is 16.7 Å². The van der Waals surface area contributed by atoms with Crippen LogP contribution in [0.15, 0.2) is 18.2 Å². The van der Waals surface area contributed by atoms with E-state index in [2.05, 4.69) is 0 Å². The quantitative estimate of drug-likeness (QED) is 0.577. The van der Waals surface area contributed by atoms with Crippen LogP contribution in [0.4, 0.5) is 5.69 Å². The Morgan fingerprint density at radius 1 is 1.50 bits per heavy atom. The molecule has 0 aromatic heterocycles. The first-order chi connectivity index (χ1) is 5.65. The van der Waals surface area contributed by atoms with Crippen LogP contribution in [0, 0.1) is 11.3 Å². The monoisotopic (exact) mass is 161 g/mol. The number of nitriles is 1. The molecule has 4 heteroatoms. The molecule has 0 atom stereocenters. The van der Waals surface area contributed by atoms with Crippen molar-refractivity contribution in [3.05, 3.63) is 29.3 Å². The van der Waals surface area contributed by atoms with Crippen molar-refractivity contribution in [2.45, 2.75) is 0 Å². The lowest BCUT2D eigenvalue weighted by Crippen LogP contribution is -2.11. The van der Waals surface area contributed by atoms with Crippen LogP contribution in [0.25, 0.3) is 0 Å². The van der Waals surface area contributed by atoms with Crippen LogP contribution in [-0.2, 0) is 0 Å². The fourth-order valence-corrected chi connectivity index (χ4v) is 0.818. The maximum absolute atomic E-state index is 10.6. The normalized spacial score (nSPS) is 8.92. The van der Waals surface area contributed by atoms with Gasteiger partial charge in [-0.3, -0.25) is 4.79 Å². The van der Waals surface area contributed by atoms with Crippen LogP contribution in [0.1, 0.15) is 15.9 Å². The zero-order chi connectivity index (χ0) is 9.14. The molecule has 0 saturated heterocycles. The highest BCUT2D eigenvalue weighted by molar-refractivity contribution is 5.94. The highest BCUT2D eigenvalue weighted by Gasteiger charge is 2.03. The Morgan fingerprint density at radius 3 is 2.58 bits per heavy atom. The van der Waals surface area contributed by atoms with E-state index in [-0.39, 0.29) is 5.69 Å². The molecule has 0 unspecified atom stereocenters. The van der Waals surface area contributed by atoms with E-state index in [0.717, 1.165) is 0 Å². The zero-order valence-electron chi connectivity index (χ0n) is 6.24. The number of amides is 1. The second-order valence-electron chi connectivity index (χ2n) is 2.28. The summed E-state index contributed by atoms with van der Waals surface area (Å²) in [5, 5.41) is 8.50. The Labute approximate surface area is 69.4 Å². The van der Waals surface area contributed by atoms with Crippen molar-refractivity contribution in [2.75, 3.05) is 5.73 Å². The SMILES string of the molecule is N#Cc1ccc(C(N)=O)cc1N. The minimum Gasteiger partial charge on any atom is -0.398 e. The molecule has 0 fully saturated rings. The van der Waals surface area contributed by atoms with Gasteiger partial charge in [-0.05, 0) is 18.2 Å². The smallest absolute Gasteiger partial charge is 0.248 e. The third-order valence-corrected chi connectivity index (χ3v) is 1.46. The fraction of sp³-hybridized carbons (Fsp3) is 0. The number of carbonyl (C=O) groups is 1. The molecule has 0 aliphatic heterocycles. The maximum Gasteiger partial charge on any atom is 0.248 e. The number of hydrogen-bond donors (Lipinski definition) is 2. The van der Waals surface area contributed by atoms with Crippen molar-refractivity contribution < 1.29 is 4.79 Å². The van der Waals surface area contributed by atoms with Gasteiger partial charge in [0.25, 0.3) is 0 Å². The van der Waals surface area contributed by atoms with Crippen molar-refractivity contribution in [2.24, 2.45) is 5.73 Å². The average molecular weight is 161 g/mol. The van der Waals surface area contributed by atoms with Gasteiger partial charge in [-0.15, -0.1) is 0 Å². The molecule has 0 heterocycles. The molecule has 1 aromatic rings. The topological polar surface area (TPSA) is 92.9 Å². The minimum absolute atomic E-state index is 0.272. The zero-order valence-corrected chi connectivity index (χ0v) is 6.24. The number of rotatable bonds is 1. The maximum atomic E-state index is 10.6. The van der Waals surface area contributed by atoms with Gasteiger partial charge in [-0.1, -0.05) is 0 Å². The summed E-state index contributed by atoms with van der Waals surface area (Å²) in [6.45, 7) is 0. The molecule has 12 heavy (non-hydrogen) atoms. The van der Waals surface area contributed by atoms with Crippen LogP contribution >= 0.6 is 0 Å². The Balaban J connectivity index is 3.21. The van der Waals surface area contributed by atoms with Crippen LogP contribution < -0.4 is 11.5 Å². The Morgan fingerprint density at radius 2 is 2.17 bits per heavy atom. The van der Waals surface area contributed by atoms with E-state index in [1.807, 2.05) is 6.07 Å². The summed E-state index contributed by atoms with van der Waals surface area (Å²) in [5.74, 6) is -0.550. The number of nitrogens with zero attached hydrogens (tertiary/aromatic N) is 1. The molecule has 0 aliphatic rings. The summed E-state index contributed by atoms with van der Waals surface area (Å²) in [7, 11) is 0. The number of anilines is 1. The highest BCUT2D eigenvalue weighted by atomic mass is 16.1. The Bertz CT molecular complexity index is 365. The Kier molecular flexibility index (Phi) is 1.97. The van der Waals surface area contributed by atoms with Crippen molar-refractivity contribution in [1.82, 2.24) is 0 Å². The second-order valence-corrected chi connectivity index (χ2v) is 2.28. The summed E-state index contributed by atoms with van der Waals surface area (Å²) in [6.07, 6.45) is 0. The lowest BCUT2D eigenvalue weighted by Gasteiger charge is -1.98. The number of carbonyl (C=O) groups excluding carboxylic acids is 1. The van der Waals surface area contributed by atoms with Crippen molar-refractivity contribution in [3.8, 4) is 6.07 Å². The van der Waals surface area contributed by atoms with E-state index in [1.165, 1.54) is 18.2 Å². The minimum atomic E-state index is -0.550. The average Bonchev–Trinajstić information content (AvgIpc) is 2.04. The lowest BCUT2D eigenvalue weighted by atomic mass is 10.1. The number of benzene rings is 1. The molecular weight excluding hydrogens is 154 g/mol. The molecule has 1 rings (SSSR count). The van der Waals surface area contributed by atoms with Crippen LogP contribution in [0.2, 0.25) is 0 Å². The molecule has 0 radical (unpaired) electrons. The van der Waals surface area contributed by atoms with E-state index in [0.29, 0.717) is 11.1 Å². The molecule has 1 amide bonds. The Hall–Kier alpha value is -2.02. The van der Waals surface area contributed by atoms with Crippen molar-refractivity contribution in [3.63, 3.8) is 0 Å². The largest absolute Gasteiger partial charge is 0.398 e. The number of nitrogens with two attached hydrogens (primary N) is 2. The van der Waals surface area contributed by atoms with Crippen LogP contribution in [0.3, 0.4) is 0 Å². The summed E-state index contributed by atoms with van der Waals surface area (Å²) >= 11 is 0. The predicted octanol–water partition coefficient (Wildman–Crippen LogP) is 0.239. The van der Waals surface area contributed by atoms with Crippen molar-refractivity contribution >= 4 is 11.6 Å². The second kappa shape index (κ2) is 2.93. The molecule has 4 nitrogen and oxygen atoms in total. The van der Waals surface area contributed by atoms with Crippen LogP contribution in [-0.4, -0.2) is 5.91 Å². The van der Waals surface area contributed by atoms with Gasteiger partial charge in [0, 0.05) is 5.56 Å². The molecule has 0 spiro atoms. The van der Waals surface area contributed by atoms with Gasteiger partial charge in [-0.25, -0.2) is 0 Å². The summed E-state index contributed by atoms with van der Waals surface area (Å²) in [4.78, 5) is 10.6. The summed E-state index contributed by atoms with van der Waals surface area (Å²) in [6, 6.07) is 6.21. The van der Waals surface area contributed by atoms with Gasteiger partial charge >= 0.3 is 0 Å². The molecule has 0 bridgehead atoms. The first-order valence-corrected chi connectivity index (χ1v) is 3.24. The fourth-order valence-electron chi connectivity index (χ4n) is 0.818. The third-order valence-electron chi connectivity index (χ3n) is 1.46. The van der Waals surface area contributed by atoms with E-state index in [9.17, 15) is 4.79 Å². The molecule has 0 saturated carbocycles. The van der Waals surface area contributed by atoms with Gasteiger partial charge in [-0.2, -0.15) is 5.26 Å². The first-order valence-electron chi connectivity index (χ1n) is 3.24. The summed E-state index contributed by atoms with van der Waals surface area (Å²) < 4.78 is 0. The number of hydrogen-bond acceptors (Lipinski definition) is 3. The number of primary amides is 1.